The Hall–Kier alpha value is 0.537. The maximum absolute atomic E-state index is 10.6. The van der Waals surface area contributed by atoms with E-state index < -0.39 is 21.1 Å². The van der Waals surface area contributed by atoms with Crippen LogP contribution in [0.5, 0.6) is 0 Å². The Kier molecular flexibility index (Phi) is 63.7. The van der Waals surface area contributed by atoms with Gasteiger partial charge in [0.15, 0.2) is 0 Å². The van der Waals surface area contributed by atoms with Crippen molar-refractivity contribution in [1.82, 2.24) is 0 Å². The molecule has 4 nitrogen and oxygen atoms in total. The molecule has 0 aromatic carbocycles. The number of esters is 2. The summed E-state index contributed by atoms with van der Waals surface area (Å²) in [5, 5.41) is 0. The summed E-state index contributed by atoms with van der Waals surface area (Å²) in [6.45, 7) is 18.9. The summed E-state index contributed by atoms with van der Waals surface area (Å²) in [4.78, 5) is 20.9. The van der Waals surface area contributed by atoms with E-state index in [0.717, 1.165) is 12.8 Å². The van der Waals surface area contributed by atoms with Crippen molar-refractivity contribution in [2.75, 3.05) is 20.1 Å². The van der Waals surface area contributed by atoms with Gasteiger partial charge in [0.1, 0.15) is 0 Å². The third-order valence-electron chi connectivity index (χ3n) is 1.66. The minimum atomic E-state index is -0.931. The van der Waals surface area contributed by atoms with E-state index in [4.69, 9.17) is 31.0 Å². The summed E-state index contributed by atoms with van der Waals surface area (Å²) in [5.41, 5.74) is 0.842. The fourth-order valence-electron chi connectivity index (χ4n) is 0.747. The maximum atomic E-state index is 10.6. The molecule has 0 unspecified atom stereocenters. The summed E-state index contributed by atoms with van der Waals surface area (Å²) in [7, 11) is 12.6. The molecule has 0 saturated heterocycles. The van der Waals surface area contributed by atoms with Gasteiger partial charge in [-0.1, -0.05) is 26.5 Å². The summed E-state index contributed by atoms with van der Waals surface area (Å²) < 4.78 is 8.71. The first kappa shape index (κ1) is 40.3. The zero-order chi connectivity index (χ0) is 20.6. The third kappa shape index (κ3) is 40.5. The predicted molar refractivity (Wildman–Crippen MR) is 102 cm³/mol. The first-order chi connectivity index (χ1) is 11.4. The topological polar surface area (TPSA) is 52.6 Å². The normalized spacial score (nSPS) is 6.64. The minimum Gasteiger partial charge on any atom is 2.00 e. The van der Waals surface area contributed by atoms with Crippen LogP contribution in [-0.2, 0) is 53.7 Å². The van der Waals surface area contributed by atoms with E-state index in [2.05, 4.69) is 36.5 Å². The molecule has 0 aliphatic rings. The number of hydrogen-bond acceptors (Lipinski definition) is 4. The van der Waals surface area contributed by atoms with Crippen LogP contribution in [0.1, 0.15) is 33.6 Å². The van der Waals surface area contributed by atoms with E-state index in [1.807, 2.05) is 6.92 Å². The van der Waals surface area contributed by atoms with Crippen molar-refractivity contribution in [2.45, 2.75) is 33.6 Å². The maximum Gasteiger partial charge on any atom is 2.00 e. The summed E-state index contributed by atoms with van der Waals surface area (Å²) in [5.74, 6) is -0.607. The molecule has 0 aliphatic carbocycles. The first-order valence-corrected chi connectivity index (χ1v) is 15.3. The number of rotatable bonds is 5. The van der Waals surface area contributed by atoms with Crippen LogP contribution in [0.15, 0.2) is 24.3 Å². The summed E-state index contributed by atoms with van der Waals surface area (Å²) >= 11 is 4.29. The molecule has 0 radical (unpaired) electrons. The Morgan fingerprint density at radius 3 is 1.40 bits per heavy atom. The number of halogens is 3. The van der Waals surface area contributed by atoms with Crippen molar-refractivity contribution < 1.29 is 53.7 Å². The molecule has 0 aromatic heterocycles. The second-order valence-corrected chi connectivity index (χ2v) is 8.07. The van der Waals surface area contributed by atoms with Gasteiger partial charge in [-0.3, -0.25) is 0 Å². The van der Waals surface area contributed by atoms with Gasteiger partial charge in [-0.25, -0.2) is 9.59 Å². The number of ether oxygens (including phenoxy) is 2. The fraction of sp³-hybridized carbons (Fsp3) is 0.500. The Bertz CT molecular complexity index is 302. The minimum absolute atomic E-state index is 0. The molecule has 0 amide bonds. The number of methoxy groups -OCH3 is 2. The molecule has 0 N–H and O–H groups in total. The van der Waals surface area contributed by atoms with Crippen molar-refractivity contribution in [3.8, 4) is 0 Å². The van der Waals surface area contributed by atoms with Gasteiger partial charge in [0.2, 0.25) is 0 Å². The molecule has 0 rings (SSSR count). The van der Waals surface area contributed by atoms with Crippen LogP contribution in [0.2, 0.25) is 0 Å². The van der Waals surface area contributed by atoms with Crippen LogP contribution in [0.3, 0.4) is 0 Å². The zero-order valence-electron chi connectivity index (χ0n) is 16.1. The van der Waals surface area contributed by atoms with Crippen LogP contribution in [0, 0.1) is 13.8 Å². The third-order valence-corrected chi connectivity index (χ3v) is 1.98. The molecule has 0 heterocycles. The molecular weight excluding hydrogens is 493 g/mol. The quantitative estimate of drug-likeness (QED) is 0.157. The van der Waals surface area contributed by atoms with E-state index in [1.165, 1.54) is 14.2 Å². The molecule has 0 atom stereocenters. The van der Waals surface area contributed by atoms with Gasteiger partial charge >= 0.3 is 65.9 Å². The van der Waals surface area contributed by atoms with Gasteiger partial charge in [0, 0.05) is 11.1 Å². The number of carbonyl (C=O) groups excluding carboxylic acids is 2. The van der Waals surface area contributed by atoms with E-state index in [1.54, 1.807) is 13.8 Å². The van der Waals surface area contributed by atoms with Crippen LogP contribution in [0.4, 0.5) is 0 Å². The molecule has 0 saturated carbocycles. The monoisotopic (exact) mass is 518 g/mol. The van der Waals surface area contributed by atoms with Crippen molar-refractivity contribution in [2.24, 2.45) is 0 Å². The second-order valence-electron chi connectivity index (χ2n) is 3.17. The van der Waals surface area contributed by atoms with Crippen LogP contribution >= 0.6 is 31.0 Å². The fourth-order valence-corrected chi connectivity index (χ4v) is 0.856. The van der Waals surface area contributed by atoms with E-state index >= 15 is 0 Å². The standard InChI is InChI=1S/C7H12O2.C5H7ClO2.2C2H5.2ClH.2Zn/c1-4-5-6(2)7(8)9-3;1-4(3-6)5(7)8-2;2*1-2;;;;/h2,4-5H2,1,3H3;1,3H2,2H3;2*1H2,2H3;2*1H;;/q;;2*-1;;;2*+2/p-2. The Morgan fingerprint density at radius 1 is 0.960 bits per heavy atom. The molecule has 142 valence electrons. The molecule has 25 heavy (non-hydrogen) atoms. The number of hydrogen-bond donors (Lipinski definition) is 0. The largest absolute Gasteiger partial charge is 2.00 e. The van der Waals surface area contributed by atoms with Crippen LogP contribution < -0.4 is 0 Å². The smallest absolute Gasteiger partial charge is 2.00 e. The van der Waals surface area contributed by atoms with Crippen molar-refractivity contribution in [3.63, 3.8) is 0 Å². The Morgan fingerprint density at radius 2 is 1.24 bits per heavy atom. The van der Waals surface area contributed by atoms with Gasteiger partial charge in [0.25, 0.3) is 0 Å². The SMILES string of the molecule is C=C(CCC)C(=O)OC.C=C(CCl)C(=O)OC.[CH2-]C.[CH2-]C.[Cl][Zn][Cl].[Zn+2]. The predicted octanol–water partition coefficient (Wildman–Crippen LogP) is 5.52. The molecule has 0 fully saturated rings. The van der Waals surface area contributed by atoms with Gasteiger partial charge in [-0.05, 0) is 6.42 Å². The molecule has 0 bridgehead atoms. The van der Waals surface area contributed by atoms with Crippen molar-refractivity contribution in [3.05, 3.63) is 38.2 Å². The summed E-state index contributed by atoms with van der Waals surface area (Å²) in [6, 6.07) is 0. The van der Waals surface area contributed by atoms with Crippen molar-refractivity contribution in [1.29, 1.82) is 0 Å². The number of alkyl halides is 1. The Labute approximate surface area is 187 Å². The average molecular weight is 523 g/mol. The molecule has 0 aliphatic heterocycles. The van der Waals surface area contributed by atoms with Crippen LogP contribution in [-0.4, -0.2) is 32.0 Å². The van der Waals surface area contributed by atoms with E-state index in [-0.39, 0.29) is 36.9 Å². The van der Waals surface area contributed by atoms with Gasteiger partial charge < -0.3 is 23.3 Å². The molecule has 0 aromatic rings. The number of carbonyl (C=O) groups is 2. The van der Waals surface area contributed by atoms with Crippen molar-refractivity contribution >= 4 is 42.9 Å². The average Bonchev–Trinajstić information content (AvgIpc) is 2.64. The second kappa shape index (κ2) is 39.6. The first-order valence-electron chi connectivity index (χ1n) is 6.97. The van der Waals surface area contributed by atoms with E-state index in [0.29, 0.717) is 5.57 Å². The molecular formula is C16H29Cl3O4Zn2. The van der Waals surface area contributed by atoms with Gasteiger partial charge in [-0.15, -0.1) is 11.6 Å². The molecule has 9 heteroatoms. The molecule has 0 spiro atoms. The van der Waals surface area contributed by atoms with Crippen LogP contribution in [0.25, 0.3) is 0 Å². The zero-order valence-corrected chi connectivity index (χ0v) is 24.3. The summed E-state index contributed by atoms with van der Waals surface area (Å²) in [6.07, 6.45) is 1.67. The van der Waals surface area contributed by atoms with Gasteiger partial charge in [0.05, 0.1) is 20.1 Å². The van der Waals surface area contributed by atoms with Gasteiger partial charge in [-0.2, -0.15) is 13.8 Å². The van der Waals surface area contributed by atoms with E-state index in [9.17, 15) is 9.59 Å². The Balaban J connectivity index is -0.0000000518.